The van der Waals surface area contributed by atoms with Crippen LogP contribution in [0.3, 0.4) is 0 Å². The summed E-state index contributed by atoms with van der Waals surface area (Å²) in [5.74, 6) is 0.678. The average Bonchev–Trinajstić information content (AvgIpc) is 3.13. The largest absolute Gasteiger partial charge is 0.480 e. The molecule has 4 aromatic rings. The quantitative estimate of drug-likeness (QED) is 0.479. The predicted molar refractivity (Wildman–Crippen MR) is 111 cm³/mol. The van der Waals surface area contributed by atoms with Gasteiger partial charge < -0.3 is 14.8 Å². The van der Waals surface area contributed by atoms with Gasteiger partial charge in [0, 0.05) is 23.0 Å². The van der Waals surface area contributed by atoms with Crippen LogP contribution in [0.1, 0.15) is 22.9 Å². The molecule has 2 atom stereocenters. The zero-order valence-electron chi connectivity index (χ0n) is 15.6. The maximum Gasteiger partial charge on any atom is 0.321 e. The van der Waals surface area contributed by atoms with Crippen LogP contribution in [-0.4, -0.2) is 22.1 Å². The first-order valence-electron chi connectivity index (χ1n) is 9.60. The fourth-order valence-corrected chi connectivity index (χ4v) is 4.01. The lowest BCUT2D eigenvalue weighted by molar-refractivity contribution is -0.139. The number of carbonyl (C=O) groups is 1. The van der Waals surface area contributed by atoms with Gasteiger partial charge >= 0.3 is 5.97 Å². The zero-order valence-corrected chi connectivity index (χ0v) is 15.6. The molecule has 0 amide bonds. The minimum Gasteiger partial charge on any atom is -0.480 e. The van der Waals surface area contributed by atoms with Crippen LogP contribution >= 0.6 is 0 Å². The smallest absolute Gasteiger partial charge is 0.321 e. The monoisotopic (exact) mass is 384 g/mol. The molecule has 5 rings (SSSR count). The lowest BCUT2D eigenvalue weighted by Gasteiger charge is -2.29. The molecule has 5 heteroatoms. The molecule has 1 aromatic heterocycles. The summed E-state index contributed by atoms with van der Waals surface area (Å²) < 4.78 is 5.88. The number of aliphatic carboxylic acids is 1. The van der Waals surface area contributed by atoms with E-state index in [0.717, 1.165) is 39.2 Å². The highest BCUT2D eigenvalue weighted by molar-refractivity contribution is 5.87. The number of carboxylic acids is 1. The van der Waals surface area contributed by atoms with E-state index in [9.17, 15) is 9.90 Å². The van der Waals surface area contributed by atoms with Crippen LogP contribution in [0.2, 0.25) is 0 Å². The zero-order chi connectivity index (χ0) is 19.8. The van der Waals surface area contributed by atoms with Crippen LogP contribution in [0, 0.1) is 0 Å². The van der Waals surface area contributed by atoms with Crippen molar-refractivity contribution in [2.45, 2.75) is 18.5 Å². The Hall–Kier alpha value is -3.57. The van der Waals surface area contributed by atoms with Crippen LogP contribution in [0.15, 0.2) is 78.9 Å². The Kier molecular flexibility index (Phi) is 4.30. The van der Waals surface area contributed by atoms with Gasteiger partial charge in [0.2, 0.25) is 0 Å². The van der Waals surface area contributed by atoms with E-state index in [1.807, 2.05) is 78.9 Å². The molecule has 0 fully saturated rings. The molecule has 2 unspecified atom stereocenters. The van der Waals surface area contributed by atoms with Crippen molar-refractivity contribution in [1.29, 1.82) is 0 Å². The Morgan fingerprint density at radius 2 is 1.59 bits per heavy atom. The first-order chi connectivity index (χ1) is 14.2. The Labute approximate surface area is 168 Å². The Morgan fingerprint density at radius 1 is 0.897 bits per heavy atom. The average molecular weight is 384 g/mol. The van der Waals surface area contributed by atoms with Crippen molar-refractivity contribution >= 4 is 16.9 Å². The second-order valence-electron chi connectivity index (χ2n) is 7.24. The summed E-state index contributed by atoms with van der Waals surface area (Å²) in [6, 6.07) is 24.6. The highest BCUT2D eigenvalue weighted by Gasteiger charge is 2.33. The maximum absolute atomic E-state index is 11.8. The van der Waals surface area contributed by atoms with Crippen molar-refractivity contribution in [3.8, 4) is 11.5 Å². The van der Waals surface area contributed by atoms with Crippen LogP contribution < -0.4 is 10.1 Å². The van der Waals surface area contributed by atoms with Gasteiger partial charge in [0.15, 0.2) is 0 Å². The van der Waals surface area contributed by atoms with Gasteiger partial charge in [0.25, 0.3) is 0 Å². The van der Waals surface area contributed by atoms with E-state index in [4.69, 9.17) is 4.74 Å². The SMILES string of the molecule is O=C(O)C1Cc2c([nH]c3ccccc23)C(c2ccc(Oc3ccccc3)cc2)N1. The lowest BCUT2D eigenvalue weighted by atomic mass is 9.90. The van der Waals surface area contributed by atoms with E-state index in [0.29, 0.717) is 6.42 Å². The summed E-state index contributed by atoms with van der Waals surface area (Å²) >= 11 is 0. The Balaban J connectivity index is 1.50. The topological polar surface area (TPSA) is 74.3 Å². The first-order valence-corrected chi connectivity index (χ1v) is 9.60. The molecule has 1 aliphatic rings. The number of aromatic nitrogens is 1. The number of rotatable bonds is 4. The van der Waals surface area contributed by atoms with E-state index in [-0.39, 0.29) is 6.04 Å². The first kappa shape index (κ1) is 17.5. The van der Waals surface area contributed by atoms with E-state index in [2.05, 4.69) is 10.3 Å². The molecule has 0 bridgehead atoms. The van der Waals surface area contributed by atoms with Crippen LogP contribution in [0.4, 0.5) is 0 Å². The third-order valence-electron chi connectivity index (χ3n) is 5.40. The van der Waals surface area contributed by atoms with Gasteiger partial charge in [-0.05, 0) is 41.5 Å². The molecule has 0 saturated carbocycles. The third-order valence-corrected chi connectivity index (χ3v) is 5.40. The van der Waals surface area contributed by atoms with Gasteiger partial charge in [-0.25, -0.2) is 0 Å². The Morgan fingerprint density at radius 3 is 2.34 bits per heavy atom. The number of fused-ring (bicyclic) bond motifs is 3. The summed E-state index contributed by atoms with van der Waals surface area (Å²) in [5, 5.41) is 14.0. The minimum absolute atomic E-state index is 0.224. The summed E-state index contributed by atoms with van der Waals surface area (Å²) in [4.78, 5) is 15.3. The number of para-hydroxylation sites is 2. The number of hydrogen-bond donors (Lipinski definition) is 3. The third kappa shape index (κ3) is 3.26. The second-order valence-corrected chi connectivity index (χ2v) is 7.24. The molecule has 3 aromatic carbocycles. The number of H-pyrrole nitrogens is 1. The van der Waals surface area contributed by atoms with Crippen molar-refractivity contribution in [2.24, 2.45) is 0 Å². The van der Waals surface area contributed by atoms with Gasteiger partial charge in [0.05, 0.1) is 6.04 Å². The van der Waals surface area contributed by atoms with Crippen LogP contribution in [0.5, 0.6) is 11.5 Å². The molecule has 144 valence electrons. The number of aromatic amines is 1. The van der Waals surface area contributed by atoms with E-state index in [1.165, 1.54) is 0 Å². The molecular formula is C24H20N2O3. The molecule has 0 saturated heterocycles. The standard InChI is InChI=1S/C24H20N2O3/c27-24(28)21-14-19-18-8-4-5-9-20(18)25-23(19)22(26-21)15-10-12-17(13-11-15)29-16-6-2-1-3-7-16/h1-13,21-22,25-26H,14H2,(H,27,28). The van der Waals surface area contributed by atoms with Crippen molar-refractivity contribution in [2.75, 3.05) is 0 Å². The molecule has 5 nitrogen and oxygen atoms in total. The van der Waals surface area contributed by atoms with Gasteiger partial charge in [-0.15, -0.1) is 0 Å². The summed E-state index contributed by atoms with van der Waals surface area (Å²) in [7, 11) is 0. The fraction of sp³-hybridized carbons (Fsp3) is 0.125. The van der Waals surface area contributed by atoms with E-state index >= 15 is 0 Å². The van der Waals surface area contributed by atoms with Gasteiger partial charge in [0.1, 0.15) is 17.5 Å². The molecule has 0 radical (unpaired) electrons. The van der Waals surface area contributed by atoms with Gasteiger partial charge in [-0.3, -0.25) is 10.1 Å². The molecule has 0 spiro atoms. The second kappa shape index (κ2) is 7.11. The molecule has 0 aliphatic carbocycles. The summed E-state index contributed by atoms with van der Waals surface area (Å²) in [6.07, 6.45) is 0.459. The van der Waals surface area contributed by atoms with Crippen molar-refractivity contribution in [3.63, 3.8) is 0 Å². The Bertz CT molecular complexity index is 1170. The van der Waals surface area contributed by atoms with Crippen LogP contribution in [0.25, 0.3) is 10.9 Å². The highest BCUT2D eigenvalue weighted by Crippen LogP contribution is 2.36. The van der Waals surface area contributed by atoms with Crippen molar-refractivity contribution < 1.29 is 14.6 Å². The highest BCUT2D eigenvalue weighted by atomic mass is 16.5. The molecule has 1 aliphatic heterocycles. The summed E-state index contributed by atoms with van der Waals surface area (Å²) in [5.41, 5.74) is 4.12. The lowest BCUT2D eigenvalue weighted by Crippen LogP contribution is -2.44. The number of carboxylic acid groups (broad SMARTS) is 1. The van der Waals surface area contributed by atoms with Crippen molar-refractivity contribution in [1.82, 2.24) is 10.3 Å². The minimum atomic E-state index is -0.838. The predicted octanol–water partition coefficient (Wildman–Crippen LogP) is 4.65. The van der Waals surface area contributed by atoms with E-state index < -0.39 is 12.0 Å². The number of nitrogens with one attached hydrogen (secondary N) is 2. The number of benzene rings is 3. The molecule has 2 heterocycles. The summed E-state index contributed by atoms with van der Waals surface area (Å²) in [6.45, 7) is 0. The fourth-order valence-electron chi connectivity index (χ4n) is 4.01. The molecule has 3 N–H and O–H groups in total. The maximum atomic E-state index is 11.8. The molecular weight excluding hydrogens is 364 g/mol. The number of hydrogen-bond acceptors (Lipinski definition) is 3. The number of ether oxygens (including phenoxy) is 1. The molecule has 29 heavy (non-hydrogen) atoms. The normalized spacial score (nSPS) is 18.3. The van der Waals surface area contributed by atoms with Crippen LogP contribution in [-0.2, 0) is 11.2 Å². The van der Waals surface area contributed by atoms with E-state index in [1.54, 1.807) is 0 Å². The van der Waals surface area contributed by atoms with Gasteiger partial charge in [-0.2, -0.15) is 0 Å². The van der Waals surface area contributed by atoms with Crippen molar-refractivity contribution in [3.05, 3.63) is 95.7 Å². The van der Waals surface area contributed by atoms with Gasteiger partial charge in [-0.1, -0.05) is 48.5 Å².